The molecule has 11 aromatic rings. The molecule has 0 saturated heterocycles. The minimum atomic E-state index is 0.784. The van der Waals surface area contributed by atoms with Gasteiger partial charge in [-0.05, 0) is 155 Å². The van der Waals surface area contributed by atoms with Crippen LogP contribution in [0, 0.1) is 0 Å². The summed E-state index contributed by atoms with van der Waals surface area (Å²) >= 11 is 0. The van der Waals surface area contributed by atoms with E-state index in [-0.39, 0.29) is 0 Å². The molecule has 8 aromatic carbocycles. The summed E-state index contributed by atoms with van der Waals surface area (Å²) < 4.78 is 6.52. The first-order valence-corrected chi connectivity index (χ1v) is 19.8. The van der Waals surface area contributed by atoms with Crippen molar-refractivity contribution in [3.8, 4) is 67.7 Å². The Morgan fingerprint density at radius 3 is 1.37 bits per heavy atom. The van der Waals surface area contributed by atoms with E-state index >= 15 is 0 Å². The van der Waals surface area contributed by atoms with Crippen LogP contribution in [-0.4, -0.2) is 15.0 Å². The maximum absolute atomic E-state index is 6.52. The van der Waals surface area contributed by atoms with E-state index in [0.717, 1.165) is 83.6 Å². The Balaban J connectivity index is 1.22. The molecule has 0 radical (unpaired) electrons. The quantitative estimate of drug-likeness (QED) is 0.152. The van der Waals surface area contributed by atoms with Crippen molar-refractivity contribution in [1.82, 2.24) is 15.0 Å². The topological polar surface area (TPSA) is 47.9 Å². The first kappa shape index (κ1) is 34.3. The lowest BCUT2D eigenvalue weighted by atomic mass is 9.84. The number of ether oxygens (including phenoxy) is 1. The Morgan fingerprint density at radius 2 is 0.797 bits per heavy atom. The molecule has 4 heteroatoms. The Kier molecular flexibility index (Phi) is 8.45. The molecule has 4 nitrogen and oxygen atoms in total. The lowest BCUT2D eigenvalue weighted by Crippen LogP contribution is -1.95. The van der Waals surface area contributed by atoms with E-state index in [1.807, 2.05) is 79.1 Å². The van der Waals surface area contributed by atoms with Gasteiger partial charge in [0.05, 0.1) is 22.8 Å². The first-order valence-electron chi connectivity index (χ1n) is 19.8. The molecule has 0 fully saturated rings. The summed E-state index contributed by atoms with van der Waals surface area (Å²) in [4.78, 5) is 14.5. The normalized spacial score (nSPS) is 11.4. The predicted molar refractivity (Wildman–Crippen MR) is 244 cm³/mol. The standard InChI is InChI=1S/C55H35N3O/c1-2-16-44(17-3-1)59-45-25-27-47-49(35-45)55(42-23-21-37-13-5-7-15-39(37)31-42)46-26-24-40(32-48(46)54(47)41-22-20-36-12-4-6-14-38(36)30-41)43-33-52(50-18-8-10-28-56-50)58-53(34-43)51-19-9-11-29-57-51/h1-35H. The van der Waals surface area contributed by atoms with Gasteiger partial charge in [0.1, 0.15) is 11.5 Å². The number of para-hydroxylation sites is 1. The third-order valence-electron chi connectivity index (χ3n) is 11.2. The summed E-state index contributed by atoms with van der Waals surface area (Å²) in [7, 11) is 0. The molecule has 59 heavy (non-hydrogen) atoms. The minimum absolute atomic E-state index is 0.784. The van der Waals surface area contributed by atoms with E-state index in [2.05, 4.69) is 143 Å². The highest BCUT2D eigenvalue weighted by molar-refractivity contribution is 6.23. The molecule has 0 aliphatic rings. The van der Waals surface area contributed by atoms with Crippen LogP contribution >= 0.6 is 0 Å². The molecule has 11 rings (SSSR count). The van der Waals surface area contributed by atoms with Crippen molar-refractivity contribution in [2.75, 3.05) is 0 Å². The lowest BCUT2D eigenvalue weighted by molar-refractivity contribution is 0.483. The molecule has 0 N–H and O–H groups in total. The third kappa shape index (κ3) is 6.43. The summed E-state index contributed by atoms with van der Waals surface area (Å²) in [6.45, 7) is 0. The second-order valence-electron chi connectivity index (χ2n) is 14.8. The zero-order valence-corrected chi connectivity index (χ0v) is 32.0. The van der Waals surface area contributed by atoms with Gasteiger partial charge in [-0.3, -0.25) is 9.97 Å². The summed E-state index contributed by atoms with van der Waals surface area (Å²) in [6.07, 6.45) is 3.62. The Bertz CT molecular complexity index is 3290. The largest absolute Gasteiger partial charge is 0.457 e. The molecule has 0 bridgehead atoms. The average Bonchev–Trinajstić information content (AvgIpc) is 3.31. The Labute approximate surface area is 341 Å². The van der Waals surface area contributed by atoms with Gasteiger partial charge in [-0.25, -0.2) is 4.98 Å². The van der Waals surface area contributed by atoms with E-state index in [0.29, 0.717) is 0 Å². The molecule has 0 atom stereocenters. The smallest absolute Gasteiger partial charge is 0.128 e. The highest BCUT2D eigenvalue weighted by Crippen LogP contribution is 2.47. The van der Waals surface area contributed by atoms with Gasteiger partial charge in [0.25, 0.3) is 0 Å². The highest BCUT2D eigenvalue weighted by Gasteiger charge is 2.20. The van der Waals surface area contributed by atoms with Gasteiger partial charge >= 0.3 is 0 Å². The summed E-state index contributed by atoms with van der Waals surface area (Å²) in [6, 6.07) is 70.4. The van der Waals surface area contributed by atoms with Gasteiger partial charge in [0.2, 0.25) is 0 Å². The van der Waals surface area contributed by atoms with Crippen molar-refractivity contribution >= 4 is 43.1 Å². The molecule has 3 heterocycles. The highest BCUT2D eigenvalue weighted by atomic mass is 16.5. The molecule has 0 amide bonds. The van der Waals surface area contributed by atoms with Crippen LogP contribution in [0.1, 0.15) is 0 Å². The monoisotopic (exact) mass is 753 g/mol. The van der Waals surface area contributed by atoms with Gasteiger partial charge in [-0.1, -0.05) is 121 Å². The van der Waals surface area contributed by atoms with Crippen LogP contribution in [0.3, 0.4) is 0 Å². The maximum Gasteiger partial charge on any atom is 0.128 e. The predicted octanol–water partition coefficient (Wildman–Crippen LogP) is 14.6. The van der Waals surface area contributed by atoms with Crippen molar-refractivity contribution < 1.29 is 4.74 Å². The van der Waals surface area contributed by atoms with E-state index in [1.54, 1.807) is 0 Å². The number of hydrogen-bond donors (Lipinski definition) is 0. The van der Waals surface area contributed by atoms with E-state index in [1.165, 1.54) is 27.1 Å². The number of rotatable bonds is 7. The van der Waals surface area contributed by atoms with Gasteiger partial charge in [-0.2, -0.15) is 0 Å². The zero-order valence-electron chi connectivity index (χ0n) is 32.0. The van der Waals surface area contributed by atoms with Crippen LogP contribution in [0.5, 0.6) is 11.5 Å². The molecule has 3 aromatic heterocycles. The van der Waals surface area contributed by atoms with Gasteiger partial charge in [-0.15, -0.1) is 0 Å². The molecule has 0 saturated carbocycles. The molecule has 0 spiro atoms. The van der Waals surface area contributed by atoms with Gasteiger partial charge in [0, 0.05) is 12.4 Å². The van der Waals surface area contributed by atoms with Crippen molar-refractivity contribution in [2.45, 2.75) is 0 Å². The van der Waals surface area contributed by atoms with Crippen LogP contribution in [0.4, 0.5) is 0 Å². The van der Waals surface area contributed by atoms with Crippen LogP contribution in [0.25, 0.3) is 99.2 Å². The van der Waals surface area contributed by atoms with Crippen molar-refractivity contribution in [3.63, 3.8) is 0 Å². The molecular formula is C55H35N3O. The number of nitrogens with zero attached hydrogens (tertiary/aromatic N) is 3. The van der Waals surface area contributed by atoms with Gasteiger partial charge < -0.3 is 4.74 Å². The fourth-order valence-electron chi connectivity index (χ4n) is 8.38. The minimum Gasteiger partial charge on any atom is -0.457 e. The van der Waals surface area contributed by atoms with E-state index < -0.39 is 0 Å². The van der Waals surface area contributed by atoms with Crippen LogP contribution in [0.15, 0.2) is 213 Å². The number of hydrogen-bond acceptors (Lipinski definition) is 4. The number of aromatic nitrogens is 3. The van der Waals surface area contributed by atoms with Crippen molar-refractivity contribution in [1.29, 1.82) is 0 Å². The van der Waals surface area contributed by atoms with Crippen molar-refractivity contribution in [3.05, 3.63) is 213 Å². The number of fused-ring (bicyclic) bond motifs is 4. The number of pyridine rings is 3. The average molecular weight is 754 g/mol. The second kappa shape index (κ2) is 14.5. The Hall–Kier alpha value is -7.95. The maximum atomic E-state index is 6.52. The fourth-order valence-corrected chi connectivity index (χ4v) is 8.38. The Morgan fingerprint density at radius 1 is 0.288 bits per heavy atom. The summed E-state index contributed by atoms with van der Waals surface area (Å²) in [5.74, 6) is 1.58. The summed E-state index contributed by atoms with van der Waals surface area (Å²) in [5.41, 5.74) is 9.93. The first-order chi connectivity index (χ1) is 29.2. The van der Waals surface area contributed by atoms with Gasteiger partial charge in [0.15, 0.2) is 0 Å². The zero-order chi connectivity index (χ0) is 39.1. The number of benzene rings is 8. The third-order valence-corrected chi connectivity index (χ3v) is 11.2. The molecule has 0 aliphatic heterocycles. The lowest BCUT2D eigenvalue weighted by Gasteiger charge is -2.20. The van der Waals surface area contributed by atoms with E-state index in [4.69, 9.17) is 9.72 Å². The summed E-state index contributed by atoms with van der Waals surface area (Å²) in [5, 5.41) is 9.37. The molecular weight excluding hydrogens is 719 g/mol. The molecule has 276 valence electrons. The van der Waals surface area contributed by atoms with E-state index in [9.17, 15) is 0 Å². The van der Waals surface area contributed by atoms with Crippen molar-refractivity contribution in [2.24, 2.45) is 0 Å². The van der Waals surface area contributed by atoms with Crippen LogP contribution in [-0.2, 0) is 0 Å². The molecule has 0 unspecified atom stereocenters. The van der Waals surface area contributed by atoms with Crippen LogP contribution < -0.4 is 4.74 Å². The molecule has 0 aliphatic carbocycles. The SMILES string of the molecule is c1ccc(Oc2ccc3c(-c4ccc5ccccc5c4)c4cc(-c5cc(-c6ccccn6)nc(-c6ccccn6)c5)ccc4c(-c4ccc5ccccc5c4)c3c2)cc1. The fraction of sp³-hybridized carbons (Fsp3) is 0. The second-order valence-corrected chi connectivity index (χ2v) is 14.8. The van der Waals surface area contributed by atoms with Crippen LogP contribution in [0.2, 0.25) is 0 Å².